The highest BCUT2D eigenvalue weighted by atomic mass is 16.7. The first-order valence-electron chi connectivity index (χ1n) is 32.0. The third-order valence-electron chi connectivity index (χ3n) is 15.4. The van der Waals surface area contributed by atoms with Crippen LogP contribution in [0.4, 0.5) is 0 Å². The smallest absolute Gasteiger partial charge is 0.305 e. The van der Waals surface area contributed by atoms with Gasteiger partial charge in [-0.15, -0.1) is 0 Å². The van der Waals surface area contributed by atoms with Gasteiger partial charge in [-0.2, -0.15) is 0 Å². The largest absolute Gasteiger partial charge is 0.466 e. The number of hydrogen-bond acceptors (Lipinski definition) is 10. The van der Waals surface area contributed by atoms with Crippen molar-refractivity contribution in [2.24, 2.45) is 0 Å². The first kappa shape index (κ1) is 70.4. The van der Waals surface area contributed by atoms with Crippen molar-refractivity contribution in [1.82, 2.24) is 5.32 Å². The number of ether oxygens (including phenoxy) is 3. The summed E-state index contributed by atoms with van der Waals surface area (Å²) in [5, 5.41) is 54.2. The quantitative estimate of drug-likeness (QED) is 0.0195. The Morgan fingerprint density at radius 2 is 0.851 bits per heavy atom. The predicted molar refractivity (Wildman–Crippen MR) is 306 cm³/mol. The number of hydrogen-bond donors (Lipinski definition) is 6. The number of nitrogens with one attached hydrogen (secondary N) is 1. The first-order chi connectivity index (χ1) is 36.2. The van der Waals surface area contributed by atoms with Crippen molar-refractivity contribution in [3.05, 3.63) is 12.2 Å². The number of unbranched alkanes of at least 4 members (excludes halogenated alkanes) is 42. The van der Waals surface area contributed by atoms with Crippen molar-refractivity contribution in [3.63, 3.8) is 0 Å². The van der Waals surface area contributed by atoms with Gasteiger partial charge in [0.15, 0.2) is 6.29 Å². The van der Waals surface area contributed by atoms with E-state index in [1.807, 2.05) is 6.08 Å². The van der Waals surface area contributed by atoms with Gasteiger partial charge in [-0.1, -0.05) is 283 Å². The van der Waals surface area contributed by atoms with Crippen LogP contribution in [0.15, 0.2) is 12.2 Å². The lowest BCUT2D eigenvalue weighted by Gasteiger charge is -2.40. The van der Waals surface area contributed by atoms with Crippen LogP contribution in [0, 0.1) is 0 Å². The maximum Gasteiger partial charge on any atom is 0.305 e. The van der Waals surface area contributed by atoms with Gasteiger partial charge < -0.3 is 45.1 Å². The second-order valence-corrected chi connectivity index (χ2v) is 22.5. The molecule has 1 aliphatic rings. The molecule has 0 bridgehead atoms. The number of amides is 1. The summed E-state index contributed by atoms with van der Waals surface area (Å²) in [6.45, 7) is 4.34. The van der Waals surface area contributed by atoms with E-state index in [4.69, 9.17) is 14.2 Å². The standard InChI is InChI=1S/C63H121NO10/c1-3-5-7-9-11-13-14-31-35-39-43-47-51-59(68)72-52-48-44-40-36-32-29-27-25-23-21-19-17-15-16-18-20-22-24-26-28-30-34-38-42-46-50-58(67)64-55(56(66)49-45-41-37-33-12-10-8-6-4-2)54-73-63-62(71)61(70)60(69)57(53-65)74-63/h45,49,55-57,60-63,65-66,69-71H,3-44,46-48,50-54H2,1-2H3,(H,64,67)/b49-45+. The average Bonchev–Trinajstić information content (AvgIpc) is 3.40. The fourth-order valence-electron chi connectivity index (χ4n) is 10.3. The SMILES string of the molecule is CCCCCCCCC/C=C/C(O)C(COC1OC(CO)C(O)C(O)C1O)NC(=O)CCCCCCCCCCCCCCCCCCCCCCCCCCCOC(=O)CCCCCCCCCCCCCC. The van der Waals surface area contributed by atoms with Crippen molar-refractivity contribution in [1.29, 1.82) is 0 Å². The number of esters is 1. The molecule has 1 fully saturated rings. The van der Waals surface area contributed by atoms with Gasteiger partial charge in [0.1, 0.15) is 24.4 Å². The normalized spacial score (nSPS) is 18.8. The van der Waals surface area contributed by atoms with Crippen molar-refractivity contribution < 1.29 is 49.3 Å². The lowest BCUT2D eigenvalue weighted by Crippen LogP contribution is -2.60. The van der Waals surface area contributed by atoms with E-state index < -0.39 is 49.5 Å². The molecule has 7 unspecified atom stereocenters. The number of allylic oxidation sites excluding steroid dienone is 1. The highest BCUT2D eigenvalue weighted by molar-refractivity contribution is 5.76. The van der Waals surface area contributed by atoms with E-state index in [0.29, 0.717) is 19.4 Å². The second kappa shape index (κ2) is 53.4. The van der Waals surface area contributed by atoms with Gasteiger partial charge in [-0.25, -0.2) is 0 Å². The Kier molecular flexibility index (Phi) is 50.8. The summed E-state index contributed by atoms with van der Waals surface area (Å²) in [7, 11) is 0. The molecule has 0 spiro atoms. The number of aliphatic hydroxyl groups excluding tert-OH is 5. The van der Waals surface area contributed by atoms with Gasteiger partial charge in [0, 0.05) is 12.8 Å². The zero-order chi connectivity index (χ0) is 53.8. The minimum atomic E-state index is -1.57. The van der Waals surface area contributed by atoms with Gasteiger partial charge in [0.2, 0.25) is 5.91 Å². The van der Waals surface area contributed by atoms with E-state index in [0.717, 1.165) is 57.8 Å². The molecule has 6 N–H and O–H groups in total. The van der Waals surface area contributed by atoms with Gasteiger partial charge >= 0.3 is 5.97 Å². The molecule has 438 valence electrons. The highest BCUT2D eigenvalue weighted by Crippen LogP contribution is 2.23. The molecule has 11 nitrogen and oxygen atoms in total. The molecule has 0 aromatic carbocycles. The fourth-order valence-corrected chi connectivity index (χ4v) is 10.3. The van der Waals surface area contributed by atoms with Crippen molar-refractivity contribution in [3.8, 4) is 0 Å². The van der Waals surface area contributed by atoms with Crippen LogP contribution in [0.2, 0.25) is 0 Å². The summed E-state index contributed by atoms with van der Waals surface area (Å²) in [5.41, 5.74) is 0. The van der Waals surface area contributed by atoms with Crippen LogP contribution in [0.25, 0.3) is 0 Å². The first-order valence-corrected chi connectivity index (χ1v) is 32.0. The van der Waals surface area contributed by atoms with Gasteiger partial charge in [0.05, 0.1) is 32.0 Å². The Balaban J connectivity index is 1.95. The predicted octanol–water partition coefficient (Wildman–Crippen LogP) is 15.1. The second-order valence-electron chi connectivity index (χ2n) is 22.5. The maximum absolute atomic E-state index is 13.0. The number of carbonyl (C=O) groups excluding carboxylic acids is 2. The van der Waals surface area contributed by atoms with Crippen molar-refractivity contribution in [2.45, 2.75) is 358 Å². The molecule has 1 heterocycles. The minimum Gasteiger partial charge on any atom is -0.466 e. The summed E-state index contributed by atoms with van der Waals surface area (Å²) in [5.74, 6) is -0.174. The third-order valence-corrected chi connectivity index (χ3v) is 15.4. The molecule has 11 heteroatoms. The monoisotopic (exact) mass is 1050 g/mol. The Bertz CT molecular complexity index is 1240. The van der Waals surface area contributed by atoms with E-state index in [1.165, 1.54) is 231 Å². The molecule has 74 heavy (non-hydrogen) atoms. The average molecular weight is 1050 g/mol. The van der Waals surface area contributed by atoms with Crippen LogP contribution in [0.3, 0.4) is 0 Å². The Morgan fingerprint density at radius 1 is 0.486 bits per heavy atom. The Hall–Kier alpha value is -1.60. The number of aliphatic hydroxyl groups is 5. The van der Waals surface area contributed by atoms with Crippen molar-refractivity contribution in [2.75, 3.05) is 19.8 Å². The molecular weight excluding hydrogens is 931 g/mol. The van der Waals surface area contributed by atoms with E-state index in [2.05, 4.69) is 19.2 Å². The summed E-state index contributed by atoms with van der Waals surface area (Å²) in [6, 6.07) is -0.806. The molecule has 1 rings (SSSR count). The summed E-state index contributed by atoms with van der Waals surface area (Å²) in [6.07, 6.45) is 53.4. The van der Waals surface area contributed by atoms with Crippen LogP contribution in [-0.2, 0) is 23.8 Å². The molecule has 1 saturated heterocycles. The summed E-state index contributed by atoms with van der Waals surface area (Å²) < 4.78 is 16.7. The van der Waals surface area contributed by atoms with Crippen LogP contribution < -0.4 is 5.32 Å². The number of carbonyl (C=O) groups is 2. The van der Waals surface area contributed by atoms with Gasteiger partial charge in [0.25, 0.3) is 0 Å². The fraction of sp³-hybridized carbons (Fsp3) is 0.937. The highest BCUT2D eigenvalue weighted by Gasteiger charge is 2.44. The van der Waals surface area contributed by atoms with Gasteiger partial charge in [-0.05, 0) is 32.1 Å². The summed E-state index contributed by atoms with van der Waals surface area (Å²) >= 11 is 0. The lowest BCUT2D eigenvalue weighted by atomic mass is 9.99. The zero-order valence-electron chi connectivity index (χ0n) is 48.3. The molecule has 0 radical (unpaired) electrons. The zero-order valence-corrected chi connectivity index (χ0v) is 48.3. The Morgan fingerprint density at radius 3 is 1.26 bits per heavy atom. The molecule has 7 atom stereocenters. The molecule has 0 aromatic rings. The Labute approximate surface area is 455 Å². The summed E-state index contributed by atoms with van der Waals surface area (Å²) in [4.78, 5) is 25.0. The minimum absolute atomic E-state index is 0.00694. The van der Waals surface area contributed by atoms with Gasteiger partial charge in [-0.3, -0.25) is 9.59 Å². The van der Waals surface area contributed by atoms with Crippen LogP contribution in [0.5, 0.6) is 0 Å². The molecule has 1 aliphatic heterocycles. The van der Waals surface area contributed by atoms with E-state index in [9.17, 15) is 35.1 Å². The molecular formula is C63H121NO10. The van der Waals surface area contributed by atoms with E-state index in [-0.39, 0.29) is 18.5 Å². The topological polar surface area (TPSA) is 175 Å². The third kappa shape index (κ3) is 42.4. The van der Waals surface area contributed by atoms with Crippen LogP contribution >= 0.6 is 0 Å². The molecule has 0 aliphatic carbocycles. The molecule has 0 saturated carbocycles. The number of rotatable bonds is 56. The lowest BCUT2D eigenvalue weighted by molar-refractivity contribution is -0.302. The maximum atomic E-state index is 13.0. The molecule has 1 amide bonds. The molecule has 0 aromatic heterocycles. The van der Waals surface area contributed by atoms with E-state index in [1.54, 1.807) is 6.08 Å². The van der Waals surface area contributed by atoms with Crippen LogP contribution in [0.1, 0.15) is 316 Å². The van der Waals surface area contributed by atoms with E-state index >= 15 is 0 Å². The van der Waals surface area contributed by atoms with Crippen LogP contribution in [-0.4, -0.2) is 100 Å². The van der Waals surface area contributed by atoms with Crippen molar-refractivity contribution >= 4 is 11.9 Å².